The molecule has 0 spiro atoms. The van der Waals surface area contributed by atoms with Gasteiger partial charge in [-0.15, -0.1) is 0 Å². The van der Waals surface area contributed by atoms with Crippen molar-refractivity contribution in [3.63, 3.8) is 0 Å². The summed E-state index contributed by atoms with van der Waals surface area (Å²) in [5, 5.41) is 2.39. The van der Waals surface area contributed by atoms with Gasteiger partial charge in [-0.2, -0.15) is 26.3 Å². The van der Waals surface area contributed by atoms with Crippen LogP contribution < -0.4 is 10.4 Å². The van der Waals surface area contributed by atoms with E-state index in [1.807, 2.05) is 36.4 Å². The zero-order chi connectivity index (χ0) is 26.9. The van der Waals surface area contributed by atoms with Gasteiger partial charge in [0, 0.05) is 0 Å². The molecule has 1 aliphatic carbocycles. The number of allylic oxidation sites excluding steroid dienone is 2. The third-order valence-electron chi connectivity index (χ3n) is 6.63. The third-order valence-corrected chi connectivity index (χ3v) is 6.63. The summed E-state index contributed by atoms with van der Waals surface area (Å²) in [6.45, 7) is 0. The van der Waals surface area contributed by atoms with Gasteiger partial charge in [0.05, 0.1) is 11.1 Å². The van der Waals surface area contributed by atoms with Crippen LogP contribution in [0, 0.1) is 0 Å². The van der Waals surface area contributed by atoms with Gasteiger partial charge in [-0.05, 0) is 74.9 Å². The van der Waals surface area contributed by atoms with Gasteiger partial charge in [-0.3, -0.25) is 0 Å². The summed E-state index contributed by atoms with van der Waals surface area (Å²) < 4.78 is 79.4. The molecule has 0 unspecified atom stereocenters. The predicted molar refractivity (Wildman–Crippen MR) is 139 cm³/mol. The quantitative estimate of drug-likeness (QED) is 0.238. The molecule has 0 N–H and O–H groups in total. The number of alkyl halides is 6. The molecule has 0 bridgehead atoms. The first-order valence-electron chi connectivity index (χ1n) is 12.0. The second-order valence-electron chi connectivity index (χ2n) is 9.18. The maximum absolute atomic E-state index is 13.2. The van der Waals surface area contributed by atoms with Gasteiger partial charge in [0.1, 0.15) is 0 Å². The minimum Gasteiger partial charge on any atom is -0.166 e. The summed E-state index contributed by atoms with van der Waals surface area (Å²) >= 11 is 0. The molecule has 4 aromatic carbocycles. The molecule has 6 heteroatoms. The Morgan fingerprint density at radius 3 is 1.47 bits per heavy atom. The normalized spacial score (nSPS) is 17.1. The first-order chi connectivity index (χ1) is 18.1. The number of benzene rings is 4. The molecule has 5 rings (SSSR count). The molecular formula is C32H22F6. The lowest BCUT2D eigenvalue weighted by Gasteiger charge is -2.14. The third kappa shape index (κ3) is 5.59. The van der Waals surface area contributed by atoms with Crippen LogP contribution in [0.1, 0.15) is 29.5 Å². The fraction of sp³-hybridized carbons (Fsp3) is 0.125. The van der Waals surface area contributed by atoms with Crippen molar-refractivity contribution >= 4 is 17.7 Å². The Morgan fingerprint density at radius 1 is 0.474 bits per heavy atom. The number of rotatable bonds is 3. The van der Waals surface area contributed by atoms with E-state index in [9.17, 15) is 26.3 Å². The minimum absolute atomic E-state index is 0.138. The molecular weight excluding hydrogens is 498 g/mol. The SMILES string of the molecule is FC(F)(F)c1cc(-c2ccc(-c3ccc(/C4=C/C=c5/cccc/c5=C/CC4)cc3)cc2)cc(C(F)(F)F)c1. The van der Waals surface area contributed by atoms with Gasteiger partial charge in [0.25, 0.3) is 0 Å². The maximum atomic E-state index is 13.2. The van der Waals surface area contributed by atoms with Crippen molar-refractivity contribution in [3.8, 4) is 22.3 Å². The molecule has 1 aliphatic rings. The van der Waals surface area contributed by atoms with Crippen LogP contribution in [0.5, 0.6) is 0 Å². The molecule has 0 saturated heterocycles. The molecule has 0 radical (unpaired) electrons. The van der Waals surface area contributed by atoms with E-state index >= 15 is 0 Å². The predicted octanol–water partition coefficient (Wildman–Crippen LogP) is 8.50. The first kappa shape index (κ1) is 25.6. The lowest BCUT2D eigenvalue weighted by Crippen LogP contribution is -2.23. The monoisotopic (exact) mass is 520 g/mol. The van der Waals surface area contributed by atoms with Crippen LogP contribution in [0.25, 0.3) is 40.0 Å². The second-order valence-corrected chi connectivity index (χ2v) is 9.18. The number of hydrogen-bond donors (Lipinski definition) is 0. The molecule has 0 aliphatic heterocycles. The van der Waals surface area contributed by atoms with E-state index in [2.05, 4.69) is 30.4 Å². The average Bonchev–Trinajstić information content (AvgIpc) is 2.88. The van der Waals surface area contributed by atoms with Crippen LogP contribution in [0.4, 0.5) is 26.3 Å². The zero-order valence-corrected chi connectivity index (χ0v) is 20.1. The fourth-order valence-corrected chi connectivity index (χ4v) is 4.60. The Morgan fingerprint density at radius 2 is 0.947 bits per heavy atom. The summed E-state index contributed by atoms with van der Waals surface area (Å²) in [7, 11) is 0. The lowest BCUT2D eigenvalue weighted by atomic mass is 9.94. The Kier molecular flexibility index (Phi) is 6.74. The van der Waals surface area contributed by atoms with E-state index in [0.717, 1.165) is 41.7 Å². The van der Waals surface area contributed by atoms with Crippen molar-refractivity contribution in [1.82, 2.24) is 0 Å². The summed E-state index contributed by atoms with van der Waals surface area (Å²) in [5.41, 5.74) is 1.48. The van der Waals surface area contributed by atoms with E-state index in [1.165, 1.54) is 16.0 Å². The number of halogens is 6. The standard InChI is InChI=1S/C32H22F6/c33-31(34,35)29-18-28(19-30(20-29)32(36,37)38)27-16-14-26(15-17-27)25-12-10-24(11-13-25)23-7-3-6-21-4-1-2-5-22(21)8-9-23/h1-2,4-6,8-20H,3,7H2/b21-6-,22-8-,23-9+. The maximum Gasteiger partial charge on any atom is 0.416 e. The van der Waals surface area contributed by atoms with Crippen LogP contribution in [-0.4, -0.2) is 0 Å². The summed E-state index contributed by atoms with van der Waals surface area (Å²) in [5.74, 6) is 0. The summed E-state index contributed by atoms with van der Waals surface area (Å²) in [6.07, 6.45) is -1.46. The topological polar surface area (TPSA) is 0 Å². The van der Waals surface area contributed by atoms with Crippen molar-refractivity contribution in [2.24, 2.45) is 0 Å². The zero-order valence-electron chi connectivity index (χ0n) is 20.1. The molecule has 0 aromatic heterocycles. The van der Waals surface area contributed by atoms with Crippen molar-refractivity contribution in [2.75, 3.05) is 0 Å². The van der Waals surface area contributed by atoms with Gasteiger partial charge in [0.15, 0.2) is 0 Å². The van der Waals surface area contributed by atoms with Gasteiger partial charge in [-0.25, -0.2) is 0 Å². The molecule has 0 fully saturated rings. The van der Waals surface area contributed by atoms with Crippen molar-refractivity contribution in [1.29, 1.82) is 0 Å². The van der Waals surface area contributed by atoms with Gasteiger partial charge < -0.3 is 0 Å². The Bertz CT molecular complexity index is 1570. The molecule has 4 aromatic rings. The number of fused-ring (bicyclic) bond motifs is 1. The summed E-state index contributed by atoms with van der Waals surface area (Å²) in [4.78, 5) is 0. The lowest BCUT2D eigenvalue weighted by molar-refractivity contribution is -0.143. The molecule has 0 nitrogen and oxygen atoms in total. The van der Waals surface area contributed by atoms with Crippen LogP contribution in [-0.2, 0) is 12.4 Å². The average molecular weight is 521 g/mol. The second kappa shape index (κ2) is 10.0. The van der Waals surface area contributed by atoms with Crippen molar-refractivity contribution in [2.45, 2.75) is 25.2 Å². The van der Waals surface area contributed by atoms with E-state index in [0.29, 0.717) is 0 Å². The fourth-order valence-electron chi connectivity index (χ4n) is 4.60. The molecule has 0 heterocycles. The molecule has 192 valence electrons. The van der Waals surface area contributed by atoms with Crippen LogP contribution in [0.2, 0.25) is 0 Å². The van der Waals surface area contributed by atoms with E-state index < -0.39 is 23.5 Å². The van der Waals surface area contributed by atoms with Gasteiger partial charge >= 0.3 is 12.4 Å². The number of hydrogen-bond acceptors (Lipinski definition) is 0. The molecule has 0 saturated carbocycles. The summed E-state index contributed by atoms with van der Waals surface area (Å²) in [6, 6.07) is 24.3. The first-order valence-corrected chi connectivity index (χ1v) is 12.0. The van der Waals surface area contributed by atoms with E-state index in [-0.39, 0.29) is 17.2 Å². The molecule has 0 atom stereocenters. The van der Waals surface area contributed by atoms with Crippen LogP contribution in [0.15, 0.2) is 97.1 Å². The Hall–Kier alpha value is -4.06. The highest BCUT2D eigenvalue weighted by Crippen LogP contribution is 2.39. The highest BCUT2D eigenvalue weighted by molar-refractivity contribution is 5.76. The van der Waals surface area contributed by atoms with Crippen molar-refractivity contribution in [3.05, 3.63) is 124 Å². The van der Waals surface area contributed by atoms with Crippen LogP contribution in [0.3, 0.4) is 0 Å². The van der Waals surface area contributed by atoms with Gasteiger partial charge in [0.2, 0.25) is 0 Å². The van der Waals surface area contributed by atoms with Gasteiger partial charge in [-0.1, -0.05) is 91.0 Å². The minimum atomic E-state index is -4.89. The Balaban J connectivity index is 1.41. The van der Waals surface area contributed by atoms with E-state index in [1.54, 1.807) is 24.3 Å². The van der Waals surface area contributed by atoms with Crippen LogP contribution >= 0.6 is 0 Å². The smallest absolute Gasteiger partial charge is 0.166 e. The largest absolute Gasteiger partial charge is 0.416 e. The van der Waals surface area contributed by atoms with Crippen molar-refractivity contribution < 1.29 is 26.3 Å². The van der Waals surface area contributed by atoms with E-state index in [4.69, 9.17) is 0 Å². The molecule has 0 amide bonds. The Labute approximate surface area is 215 Å². The highest BCUT2D eigenvalue weighted by atomic mass is 19.4. The highest BCUT2D eigenvalue weighted by Gasteiger charge is 2.37. The molecule has 38 heavy (non-hydrogen) atoms.